The molecule has 0 saturated heterocycles. The van der Waals surface area contributed by atoms with Gasteiger partial charge >= 0.3 is 0 Å². The van der Waals surface area contributed by atoms with E-state index in [-0.39, 0.29) is 5.78 Å². The molecule has 2 rings (SSSR count). The van der Waals surface area contributed by atoms with Gasteiger partial charge in [-0.2, -0.15) is 0 Å². The van der Waals surface area contributed by atoms with Crippen LogP contribution in [0, 0.1) is 13.8 Å². The van der Waals surface area contributed by atoms with Crippen LogP contribution < -0.4 is 4.74 Å². The molecule has 0 radical (unpaired) electrons. The lowest BCUT2D eigenvalue weighted by atomic mass is 9.99. The molecule has 104 valence electrons. The fraction of sp³-hybridized carbons (Fsp3) is 0.278. The number of Topliss-reactive ketones (excluding diaryl/α,β-unsaturated/α-hetero) is 1. The minimum absolute atomic E-state index is 0.183. The Bertz CT molecular complexity index is 594. The highest BCUT2D eigenvalue weighted by Gasteiger charge is 2.09. The molecule has 0 aliphatic carbocycles. The summed E-state index contributed by atoms with van der Waals surface area (Å²) >= 11 is 0. The van der Waals surface area contributed by atoms with Crippen molar-refractivity contribution in [3.05, 3.63) is 64.7 Å². The third-order valence-corrected chi connectivity index (χ3v) is 3.36. The highest BCUT2D eigenvalue weighted by molar-refractivity contribution is 5.96. The maximum Gasteiger partial charge on any atom is 0.163 e. The highest BCUT2D eigenvalue weighted by atomic mass is 16.5. The molecule has 0 N–H and O–H groups in total. The number of rotatable bonds is 5. The minimum Gasteiger partial charge on any atom is -0.496 e. The second kappa shape index (κ2) is 6.38. The average Bonchev–Trinajstić information content (AvgIpc) is 2.44. The largest absolute Gasteiger partial charge is 0.496 e. The van der Waals surface area contributed by atoms with Crippen LogP contribution in [0.1, 0.15) is 33.5 Å². The van der Waals surface area contributed by atoms with E-state index in [4.69, 9.17) is 4.74 Å². The van der Waals surface area contributed by atoms with Crippen LogP contribution >= 0.6 is 0 Å². The number of hydrogen-bond donors (Lipinski definition) is 0. The van der Waals surface area contributed by atoms with Gasteiger partial charge < -0.3 is 4.74 Å². The molecule has 0 aliphatic rings. The maximum atomic E-state index is 12.3. The molecule has 0 fully saturated rings. The third-order valence-electron chi connectivity index (χ3n) is 3.36. The summed E-state index contributed by atoms with van der Waals surface area (Å²) in [5.41, 5.74) is 4.14. The topological polar surface area (TPSA) is 26.3 Å². The second-order valence-corrected chi connectivity index (χ2v) is 5.11. The molecular formula is C18H20O2. The number of ether oxygens (including phenoxy) is 1. The maximum absolute atomic E-state index is 12.3. The Balaban J connectivity index is 2.08. The van der Waals surface area contributed by atoms with Crippen molar-refractivity contribution >= 4 is 5.78 Å². The number of methoxy groups -OCH3 is 1. The monoisotopic (exact) mass is 268 g/mol. The number of carbonyl (C=O) groups excluding carboxylic acids is 1. The van der Waals surface area contributed by atoms with Crippen LogP contribution in [-0.4, -0.2) is 12.9 Å². The highest BCUT2D eigenvalue weighted by Crippen LogP contribution is 2.20. The van der Waals surface area contributed by atoms with E-state index < -0.39 is 0 Å². The summed E-state index contributed by atoms with van der Waals surface area (Å²) in [5, 5.41) is 0. The second-order valence-electron chi connectivity index (χ2n) is 5.11. The molecule has 2 nitrogen and oxygen atoms in total. The van der Waals surface area contributed by atoms with E-state index >= 15 is 0 Å². The Morgan fingerprint density at radius 2 is 1.70 bits per heavy atom. The Hall–Kier alpha value is -2.09. The van der Waals surface area contributed by atoms with Gasteiger partial charge in [0.1, 0.15) is 5.75 Å². The molecule has 0 saturated carbocycles. The third kappa shape index (κ3) is 3.47. The standard InChI is InChI=1S/C18H20O2/c1-13-10-14(2)12-16(11-13)17(19)9-8-15-6-4-5-7-18(15)20-3/h4-7,10-12H,8-9H2,1-3H3. The fourth-order valence-electron chi connectivity index (χ4n) is 2.44. The van der Waals surface area contributed by atoms with Crippen molar-refractivity contribution in [2.45, 2.75) is 26.7 Å². The number of aryl methyl sites for hydroxylation is 3. The van der Waals surface area contributed by atoms with Crippen LogP contribution in [0.15, 0.2) is 42.5 Å². The Morgan fingerprint density at radius 1 is 1.05 bits per heavy atom. The van der Waals surface area contributed by atoms with Gasteiger partial charge in [-0.3, -0.25) is 4.79 Å². The summed E-state index contributed by atoms with van der Waals surface area (Å²) in [7, 11) is 1.66. The van der Waals surface area contributed by atoms with Crippen LogP contribution in [-0.2, 0) is 6.42 Å². The van der Waals surface area contributed by atoms with Crippen molar-refractivity contribution in [2.24, 2.45) is 0 Å². The van der Waals surface area contributed by atoms with E-state index in [0.717, 1.165) is 28.0 Å². The lowest BCUT2D eigenvalue weighted by Gasteiger charge is -2.08. The normalized spacial score (nSPS) is 10.3. The van der Waals surface area contributed by atoms with Crippen LogP contribution in [0.4, 0.5) is 0 Å². The average molecular weight is 268 g/mol. The zero-order valence-corrected chi connectivity index (χ0v) is 12.3. The van der Waals surface area contributed by atoms with Crippen molar-refractivity contribution in [3.63, 3.8) is 0 Å². The molecule has 0 aliphatic heterocycles. The first kappa shape index (κ1) is 14.3. The molecule has 0 atom stereocenters. The SMILES string of the molecule is COc1ccccc1CCC(=O)c1cc(C)cc(C)c1. The number of ketones is 1. The van der Waals surface area contributed by atoms with E-state index in [1.165, 1.54) is 0 Å². The molecule has 0 amide bonds. The van der Waals surface area contributed by atoms with Crippen molar-refractivity contribution in [2.75, 3.05) is 7.11 Å². The zero-order chi connectivity index (χ0) is 14.5. The minimum atomic E-state index is 0.183. The van der Waals surface area contributed by atoms with Gasteiger partial charge in [0.05, 0.1) is 7.11 Å². The van der Waals surface area contributed by atoms with Gasteiger partial charge in [0.15, 0.2) is 5.78 Å². The lowest BCUT2D eigenvalue weighted by molar-refractivity contribution is 0.0982. The van der Waals surface area contributed by atoms with Gasteiger partial charge in [-0.25, -0.2) is 0 Å². The van der Waals surface area contributed by atoms with Crippen molar-refractivity contribution < 1.29 is 9.53 Å². The van der Waals surface area contributed by atoms with Gasteiger partial charge in [0.25, 0.3) is 0 Å². The zero-order valence-electron chi connectivity index (χ0n) is 12.3. The number of hydrogen-bond acceptors (Lipinski definition) is 2. The summed E-state index contributed by atoms with van der Waals surface area (Å²) in [4.78, 5) is 12.3. The molecule has 20 heavy (non-hydrogen) atoms. The van der Waals surface area contributed by atoms with Gasteiger partial charge in [-0.1, -0.05) is 35.4 Å². The first-order valence-corrected chi connectivity index (χ1v) is 6.83. The Kier molecular flexibility index (Phi) is 4.57. The van der Waals surface area contributed by atoms with E-state index in [0.29, 0.717) is 12.8 Å². The predicted octanol–water partition coefficient (Wildman–Crippen LogP) is 4.13. The van der Waals surface area contributed by atoms with Gasteiger partial charge in [-0.05, 0) is 44.0 Å². The van der Waals surface area contributed by atoms with Crippen molar-refractivity contribution in [1.29, 1.82) is 0 Å². The summed E-state index contributed by atoms with van der Waals surface area (Å²) in [5.74, 6) is 1.03. The molecule has 2 aromatic rings. The molecule has 0 heterocycles. The quantitative estimate of drug-likeness (QED) is 0.762. The fourth-order valence-corrected chi connectivity index (χ4v) is 2.44. The first-order valence-electron chi connectivity index (χ1n) is 6.83. The smallest absolute Gasteiger partial charge is 0.163 e. The van der Waals surface area contributed by atoms with Gasteiger partial charge in [0, 0.05) is 12.0 Å². The van der Waals surface area contributed by atoms with E-state index in [1.807, 2.05) is 50.2 Å². The molecular weight excluding hydrogens is 248 g/mol. The summed E-state index contributed by atoms with van der Waals surface area (Å²) < 4.78 is 5.31. The van der Waals surface area contributed by atoms with Crippen LogP contribution in [0.5, 0.6) is 5.75 Å². The summed E-state index contributed by atoms with van der Waals surface area (Å²) in [6.45, 7) is 4.04. The molecule has 2 heteroatoms. The van der Waals surface area contributed by atoms with Crippen molar-refractivity contribution in [1.82, 2.24) is 0 Å². The molecule has 0 spiro atoms. The van der Waals surface area contributed by atoms with E-state index in [1.54, 1.807) is 7.11 Å². The summed E-state index contributed by atoms with van der Waals surface area (Å²) in [6, 6.07) is 13.8. The molecule has 2 aromatic carbocycles. The molecule has 0 bridgehead atoms. The predicted molar refractivity (Wildman–Crippen MR) is 81.6 cm³/mol. The van der Waals surface area contributed by atoms with E-state index in [2.05, 4.69) is 6.07 Å². The van der Waals surface area contributed by atoms with Crippen LogP contribution in [0.3, 0.4) is 0 Å². The summed E-state index contributed by atoms with van der Waals surface area (Å²) in [6.07, 6.45) is 1.21. The number of para-hydroxylation sites is 1. The number of benzene rings is 2. The van der Waals surface area contributed by atoms with Crippen LogP contribution in [0.2, 0.25) is 0 Å². The number of carbonyl (C=O) groups is 1. The van der Waals surface area contributed by atoms with Gasteiger partial charge in [0.2, 0.25) is 0 Å². The molecule has 0 unspecified atom stereocenters. The van der Waals surface area contributed by atoms with Crippen LogP contribution in [0.25, 0.3) is 0 Å². The molecule has 0 aromatic heterocycles. The Labute approximate surface area is 120 Å². The van der Waals surface area contributed by atoms with Gasteiger partial charge in [-0.15, -0.1) is 0 Å². The first-order chi connectivity index (χ1) is 9.60. The van der Waals surface area contributed by atoms with E-state index in [9.17, 15) is 4.79 Å². The lowest BCUT2D eigenvalue weighted by Crippen LogP contribution is -2.03. The van der Waals surface area contributed by atoms with Crippen molar-refractivity contribution in [3.8, 4) is 5.75 Å². The Morgan fingerprint density at radius 3 is 2.35 bits per heavy atom.